The van der Waals surface area contributed by atoms with Gasteiger partial charge in [0.15, 0.2) is 5.82 Å². The summed E-state index contributed by atoms with van der Waals surface area (Å²) >= 11 is 0. The third kappa shape index (κ3) is 4.85. The second-order valence-electron chi connectivity index (χ2n) is 6.55. The molecule has 2 aromatic carbocycles. The summed E-state index contributed by atoms with van der Waals surface area (Å²) in [4.78, 5) is 4.21. The number of benzene rings is 2. The Hall–Kier alpha value is -4.25. The summed E-state index contributed by atoms with van der Waals surface area (Å²) in [5.41, 5.74) is 1.82. The van der Waals surface area contributed by atoms with E-state index in [1.165, 1.54) is 35.1 Å². The van der Waals surface area contributed by atoms with Gasteiger partial charge in [0.2, 0.25) is 5.88 Å². The average Bonchev–Trinajstić information content (AvgIpc) is 3.27. The zero-order valence-electron chi connectivity index (χ0n) is 16.2. The summed E-state index contributed by atoms with van der Waals surface area (Å²) in [5.74, 6) is 0.373. The van der Waals surface area contributed by atoms with Gasteiger partial charge in [-0.2, -0.15) is 15.0 Å². The zero-order chi connectivity index (χ0) is 21.6. The molecular formula is C23H16F2N4O2. The largest absolute Gasteiger partial charge is 0.488 e. The van der Waals surface area contributed by atoms with E-state index in [9.17, 15) is 8.78 Å². The summed E-state index contributed by atoms with van der Waals surface area (Å²) in [5, 5.41) is 13.3. The fourth-order valence-electron chi connectivity index (χ4n) is 2.85. The van der Waals surface area contributed by atoms with Crippen LogP contribution in [0.1, 0.15) is 16.7 Å². The molecule has 0 spiro atoms. The predicted octanol–water partition coefficient (Wildman–Crippen LogP) is 4.58. The Morgan fingerprint density at radius 3 is 2.48 bits per heavy atom. The predicted molar refractivity (Wildman–Crippen MR) is 108 cm³/mol. The number of nitriles is 1. The van der Waals surface area contributed by atoms with Crippen LogP contribution in [-0.4, -0.2) is 14.8 Å². The first-order valence-electron chi connectivity index (χ1n) is 9.31. The molecule has 0 unspecified atom stereocenters. The van der Waals surface area contributed by atoms with Crippen LogP contribution in [0.4, 0.5) is 8.78 Å². The molecule has 2 aromatic heterocycles. The number of ether oxygens (including phenoxy) is 2. The molecule has 31 heavy (non-hydrogen) atoms. The molecule has 0 aliphatic heterocycles. The van der Waals surface area contributed by atoms with Crippen molar-refractivity contribution < 1.29 is 18.3 Å². The lowest BCUT2D eigenvalue weighted by Crippen LogP contribution is -2.06. The summed E-state index contributed by atoms with van der Waals surface area (Å²) in [6.07, 6.45) is 3.06. The monoisotopic (exact) mass is 418 g/mol. The molecule has 154 valence electrons. The first-order valence-corrected chi connectivity index (χ1v) is 9.31. The summed E-state index contributed by atoms with van der Waals surface area (Å²) in [6.45, 7) is 0.238. The van der Waals surface area contributed by atoms with Gasteiger partial charge in [-0.15, -0.1) is 0 Å². The Morgan fingerprint density at radius 1 is 0.871 bits per heavy atom. The molecule has 0 bridgehead atoms. The van der Waals surface area contributed by atoms with Crippen LogP contribution in [0.3, 0.4) is 0 Å². The first-order chi connectivity index (χ1) is 15.1. The van der Waals surface area contributed by atoms with Crippen molar-refractivity contribution in [3.8, 4) is 23.5 Å². The van der Waals surface area contributed by atoms with Gasteiger partial charge in [0.1, 0.15) is 30.6 Å². The number of halogens is 2. The van der Waals surface area contributed by atoms with Crippen LogP contribution in [0, 0.1) is 23.0 Å². The quantitative estimate of drug-likeness (QED) is 0.439. The second kappa shape index (κ2) is 9.05. The van der Waals surface area contributed by atoms with Crippen molar-refractivity contribution in [1.82, 2.24) is 14.8 Å². The third-order valence-electron chi connectivity index (χ3n) is 4.41. The molecule has 4 aromatic rings. The highest BCUT2D eigenvalue weighted by Crippen LogP contribution is 2.24. The number of nitrogens with zero attached hydrogens (tertiary/aromatic N) is 4. The molecule has 4 rings (SSSR count). The molecule has 0 saturated heterocycles. The van der Waals surface area contributed by atoms with E-state index in [0.717, 1.165) is 5.56 Å². The van der Waals surface area contributed by atoms with E-state index in [2.05, 4.69) is 16.2 Å². The van der Waals surface area contributed by atoms with Crippen LogP contribution in [0.2, 0.25) is 0 Å². The van der Waals surface area contributed by atoms with Crippen molar-refractivity contribution in [2.75, 3.05) is 0 Å². The zero-order valence-corrected chi connectivity index (χ0v) is 16.2. The number of pyridine rings is 1. The van der Waals surface area contributed by atoms with E-state index in [0.29, 0.717) is 28.6 Å². The molecule has 8 heteroatoms. The molecule has 0 radical (unpaired) electrons. The SMILES string of the molecule is N#Cc1ccnc(-n2nccc2OCc2ccc(F)cc2OCc2ccc(F)cc2)c1. The Balaban J connectivity index is 1.50. The summed E-state index contributed by atoms with van der Waals surface area (Å²) < 4.78 is 39.9. The minimum Gasteiger partial charge on any atom is -0.488 e. The van der Waals surface area contributed by atoms with Gasteiger partial charge < -0.3 is 9.47 Å². The van der Waals surface area contributed by atoms with Crippen molar-refractivity contribution >= 4 is 0 Å². The van der Waals surface area contributed by atoms with Crippen molar-refractivity contribution in [3.05, 3.63) is 101 Å². The fourth-order valence-corrected chi connectivity index (χ4v) is 2.85. The van der Waals surface area contributed by atoms with Crippen LogP contribution in [0.25, 0.3) is 5.82 Å². The molecule has 0 saturated carbocycles. The third-order valence-corrected chi connectivity index (χ3v) is 4.41. The molecule has 0 aliphatic rings. The molecule has 0 N–H and O–H groups in total. The minimum atomic E-state index is -0.444. The van der Waals surface area contributed by atoms with Crippen molar-refractivity contribution in [1.29, 1.82) is 5.26 Å². The van der Waals surface area contributed by atoms with E-state index in [1.807, 2.05) is 0 Å². The highest BCUT2D eigenvalue weighted by atomic mass is 19.1. The first kappa shape index (κ1) is 20.0. The maximum Gasteiger partial charge on any atom is 0.218 e. The van der Waals surface area contributed by atoms with Crippen LogP contribution in [0.15, 0.2) is 73.1 Å². The second-order valence-corrected chi connectivity index (χ2v) is 6.55. The maximum absolute atomic E-state index is 13.8. The maximum atomic E-state index is 13.8. The topological polar surface area (TPSA) is 73.0 Å². The van der Waals surface area contributed by atoms with E-state index in [1.54, 1.807) is 42.6 Å². The van der Waals surface area contributed by atoms with Crippen molar-refractivity contribution in [3.63, 3.8) is 0 Å². The van der Waals surface area contributed by atoms with E-state index in [-0.39, 0.29) is 19.0 Å². The van der Waals surface area contributed by atoms with E-state index < -0.39 is 5.82 Å². The van der Waals surface area contributed by atoms with Gasteiger partial charge in [0, 0.05) is 30.0 Å². The normalized spacial score (nSPS) is 10.5. The Kier molecular flexibility index (Phi) is 5.85. The van der Waals surface area contributed by atoms with E-state index >= 15 is 0 Å². The molecule has 6 nitrogen and oxygen atoms in total. The Bertz CT molecular complexity index is 1230. The molecule has 0 aliphatic carbocycles. The van der Waals surface area contributed by atoms with Crippen molar-refractivity contribution in [2.24, 2.45) is 0 Å². The van der Waals surface area contributed by atoms with Crippen LogP contribution >= 0.6 is 0 Å². The van der Waals surface area contributed by atoms with Crippen molar-refractivity contribution in [2.45, 2.75) is 13.2 Å². The number of hydrogen-bond acceptors (Lipinski definition) is 5. The van der Waals surface area contributed by atoms with Gasteiger partial charge in [-0.25, -0.2) is 13.8 Å². The smallest absolute Gasteiger partial charge is 0.218 e. The lowest BCUT2D eigenvalue weighted by atomic mass is 10.2. The molecule has 0 fully saturated rings. The minimum absolute atomic E-state index is 0.0860. The number of rotatable bonds is 7. The van der Waals surface area contributed by atoms with Gasteiger partial charge in [0.25, 0.3) is 0 Å². The summed E-state index contributed by atoms with van der Waals surface area (Å²) in [7, 11) is 0. The molecular weight excluding hydrogens is 402 g/mol. The molecule has 0 atom stereocenters. The van der Waals surface area contributed by atoms with Gasteiger partial charge >= 0.3 is 0 Å². The lowest BCUT2D eigenvalue weighted by Gasteiger charge is -2.13. The van der Waals surface area contributed by atoms with Gasteiger partial charge in [-0.05, 0) is 35.9 Å². The molecule has 0 amide bonds. The Labute approximate surface area is 176 Å². The van der Waals surface area contributed by atoms with Crippen LogP contribution in [-0.2, 0) is 13.2 Å². The van der Waals surface area contributed by atoms with Crippen LogP contribution in [0.5, 0.6) is 11.6 Å². The number of hydrogen-bond donors (Lipinski definition) is 0. The highest BCUT2D eigenvalue weighted by Gasteiger charge is 2.12. The average molecular weight is 418 g/mol. The fraction of sp³-hybridized carbons (Fsp3) is 0.0870. The Morgan fingerprint density at radius 2 is 1.68 bits per heavy atom. The van der Waals surface area contributed by atoms with Gasteiger partial charge in [-0.3, -0.25) is 0 Å². The number of aromatic nitrogens is 3. The van der Waals surface area contributed by atoms with Gasteiger partial charge in [-0.1, -0.05) is 12.1 Å². The summed E-state index contributed by atoms with van der Waals surface area (Å²) in [6, 6.07) is 16.9. The highest BCUT2D eigenvalue weighted by molar-refractivity contribution is 5.38. The lowest BCUT2D eigenvalue weighted by molar-refractivity contribution is 0.261. The van der Waals surface area contributed by atoms with E-state index in [4.69, 9.17) is 14.7 Å². The standard InChI is InChI=1S/C23H16F2N4O2/c24-19-4-1-16(2-5-19)14-30-21-12-20(25)6-3-18(21)15-31-23-8-10-28-29(23)22-11-17(13-26)7-9-27-22/h1-12H,14-15H2. The van der Waals surface area contributed by atoms with Gasteiger partial charge in [0.05, 0.1) is 17.8 Å². The molecule has 2 heterocycles. The van der Waals surface area contributed by atoms with Crippen LogP contribution < -0.4 is 9.47 Å².